The average Bonchev–Trinajstić information content (AvgIpc) is 3.23. The van der Waals surface area contributed by atoms with Crippen molar-refractivity contribution in [2.24, 2.45) is 7.05 Å². The number of aromatic nitrogens is 2. The zero-order valence-electron chi connectivity index (χ0n) is 16.2. The fraction of sp³-hybridized carbons (Fsp3) is 0.609. The van der Waals surface area contributed by atoms with Crippen molar-refractivity contribution in [3.63, 3.8) is 0 Å². The van der Waals surface area contributed by atoms with Crippen molar-refractivity contribution < 1.29 is 4.57 Å². The Balaban J connectivity index is 1.90. The lowest BCUT2D eigenvalue weighted by atomic mass is 9.88. The number of para-hydroxylation sites is 1. The van der Waals surface area contributed by atoms with Gasteiger partial charge in [0.1, 0.15) is 17.1 Å². The molecule has 1 aromatic heterocycles. The lowest BCUT2D eigenvalue weighted by Crippen LogP contribution is -2.39. The van der Waals surface area contributed by atoms with Crippen LogP contribution in [0.4, 0.5) is 0 Å². The van der Waals surface area contributed by atoms with Crippen molar-refractivity contribution in [1.82, 2.24) is 4.57 Å². The van der Waals surface area contributed by atoms with Crippen molar-refractivity contribution in [1.29, 1.82) is 0 Å². The van der Waals surface area contributed by atoms with Gasteiger partial charge in [-0.15, -0.1) is 0 Å². The first kappa shape index (κ1) is 16.9. The number of hydrogen-bond donors (Lipinski definition) is 0. The molecule has 2 nitrogen and oxygen atoms in total. The van der Waals surface area contributed by atoms with E-state index in [9.17, 15) is 0 Å². The summed E-state index contributed by atoms with van der Waals surface area (Å²) in [5, 5.41) is 0. The SMILES string of the molecule is Cc1ccccc1-n1c(C)c(C2CCCC2)[n+](C)c1C1CCCCC1. The molecule has 2 heteroatoms. The van der Waals surface area contributed by atoms with Crippen molar-refractivity contribution in [3.05, 3.63) is 47.0 Å². The maximum absolute atomic E-state index is 2.62. The van der Waals surface area contributed by atoms with E-state index in [-0.39, 0.29) is 0 Å². The molecule has 0 saturated heterocycles. The third kappa shape index (κ3) is 2.94. The second-order valence-corrected chi connectivity index (χ2v) is 8.33. The predicted octanol–water partition coefficient (Wildman–Crippen LogP) is 5.62. The van der Waals surface area contributed by atoms with Crippen molar-refractivity contribution >= 4 is 0 Å². The van der Waals surface area contributed by atoms with Gasteiger partial charge < -0.3 is 0 Å². The summed E-state index contributed by atoms with van der Waals surface area (Å²) in [6.07, 6.45) is 12.5. The van der Waals surface area contributed by atoms with E-state index in [0.717, 1.165) is 5.92 Å². The average molecular weight is 338 g/mol. The second kappa shape index (κ2) is 6.97. The van der Waals surface area contributed by atoms with Gasteiger partial charge in [-0.3, -0.25) is 0 Å². The predicted molar refractivity (Wildman–Crippen MR) is 103 cm³/mol. The maximum atomic E-state index is 2.62. The minimum absolute atomic E-state index is 0.715. The van der Waals surface area contributed by atoms with Crippen LogP contribution in [-0.2, 0) is 7.05 Å². The first-order valence-corrected chi connectivity index (χ1v) is 10.4. The molecule has 2 fully saturated rings. The van der Waals surface area contributed by atoms with Crippen LogP contribution < -0.4 is 4.57 Å². The molecule has 0 bridgehead atoms. The zero-order chi connectivity index (χ0) is 17.4. The highest BCUT2D eigenvalue weighted by atomic mass is 15.2. The van der Waals surface area contributed by atoms with E-state index in [0.29, 0.717) is 5.92 Å². The molecule has 2 aliphatic rings. The molecule has 0 N–H and O–H groups in total. The highest BCUT2D eigenvalue weighted by Crippen LogP contribution is 2.39. The third-order valence-corrected chi connectivity index (χ3v) is 6.71. The van der Waals surface area contributed by atoms with Gasteiger partial charge in [-0.1, -0.05) is 50.3 Å². The van der Waals surface area contributed by atoms with Crippen LogP contribution in [0, 0.1) is 13.8 Å². The molecule has 1 aromatic carbocycles. The Labute approximate surface area is 152 Å². The van der Waals surface area contributed by atoms with Gasteiger partial charge in [0.2, 0.25) is 0 Å². The number of aryl methyl sites for hydroxylation is 1. The molecular weight excluding hydrogens is 304 g/mol. The Hall–Kier alpha value is -1.57. The van der Waals surface area contributed by atoms with E-state index >= 15 is 0 Å². The molecule has 1 heterocycles. The summed E-state index contributed by atoms with van der Waals surface area (Å²) in [4.78, 5) is 0. The van der Waals surface area contributed by atoms with Gasteiger partial charge >= 0.3 is 0 Å². The minimum Gasteiger partial charge on any atom is -0.233 e. The molecule has 2 aromatic rings. The van der Waals surface area contributed by atoms with Crippen LogP contribution in [0.15, 0.2) is 24.3 Å². The van der Waals surface area contributed by atoms with Crippen LogP contribution in [0.5, 0.6) is 0 Å². The van der Waals surface area contributed by atoms with Crippen molar-refractivity contribution in [3.8, 4) is 5.69 Å². The maximum Gasteiger partial charge on any atom is 0.265 e. The highest BCUT2D eigenvalue weighted by molar-refractivity contribution is 5.43. The first-order chi connectivity index (χ1) is 12.2. The summed E-state index contributed by atoms with van der Waals surface area (Å²) < 4.78 is 5.23. The van der Waals surface area contributed by atoms with Gasteiger partial charge in [0.25, 0.3) is 5.82 Å². The van der Waals surface area contributed by atoms with E-state index < -0.39 is 0 Å². The molecule has 134 valence electrons. The van der Waals surface area contributed by atoms with E-state index in [1.54, 1.807) is 11.5 Å². The van der Waals surface area contributed by atoms with E-state index in [4.69, 9.17) is 0 Å². The summed E-state index contributed by atoms with van der Waals surface area (Å²) in [5.41, 5.74) is 5.88. The number of nitrogens with zero attached hydrogens (tertiary/aromatic N) is 2. The summed E-state index contributed by atoms with van der Waals surface area (Å²) >= 11 is 0. The number of hydrogen-bond acceptors (Lipinski definition) is 0. The molecule has 0 amide bonds. The largest absolute Gasteiger partial charge is 0.265 e. The molecule has 0 radical (unpaired) electrons. The number of benzene rings is 1. The van der Waals surface area contributed by atoms with Gasteiger partial charge in [0.15, 0.2) is 0 Å². The molecule has 25 heavy (non-hydrogen) atoms. The molecule has 0 atom stereocenters. The van der Waals surface area contributed by atoms with Crippen LogP contribution >= 0.6 is 0 Å². The Kier molecular flexibility index (Phi) is 4.71. The third-order valence-electron chi connectivity index (χ3n) is 6.71. The second-order valence-electron chi connectivity index (χ2n) is 8.33. The molecule has 0 spiro atoms. The molecule has 0 aliphatic heterocycles. The van der Waals surface area contributed by atoms with Crippen LogP contribution in [0.1, 0.15) is 92.4 Å². The molecule has 4 rings (SSSR count). The summed E-state index contributed by atoms with van der Waals surface area (Å²) in [5.74, 6) is 3.04. The molecular formula is C23H33N2+. The van der Waals surface area contributed by atoms with Crippen LogP contribution in [0.3, 0.4) is 0 Å². The van der Waals surface area contributed by atoms with E-state index in [1.807, 2.05) is 0 Å². The van der Waals surface area contributed by atoms with Crippen LogP contribution in [-0.4, -0.2) is 4.57 Å². The normalized spacial score (nSPS) is 19.6. The lowest BCUT2D eigenvalue weighted by Gasteiger charge is -2.20. The molecule has 2 aliphatic carbocycles. The Morgan fingerprint density at radius 3 is 2.12 bits per heavy atom. The first-order valence-electron chi connectivity index (χ1n) is 10.4. The quantitative estimate of drug-likeness (QED) is 0.642. The van der Waals surface area contributed by atoms with Gasteiger partial charge in [-0.2, -0.15) is 4.57 Å². The topological polar surface area (TPSA) is 8.81 Å². The fourth-order valence-electron chi connectivity index (χ4n) is 5.51. The van der Waals surface area contributed by atoms with Gasteiger partial charge in [0.05, 0.1) is 13.0 Å². The van der Waals surface area contributed by atoms with Crippen LogP contribution in [0.2, 0.25) is 0 Å². The fourth-order valence-corrected chi connectivity index (χ4v) is 5.51. The smallest absolute Gasteiger partial charge is 0.233 e. The minimum atomic E-state index is 0.715. The Morgan fingerprint density at radius 1 is 0.840 bits per heavy atom. The van der Waals surface area contributed by atoms with Crippen molar-refractivity contribution in [2.45, 2.75) is 83.5 Å². The van der Waals surface area contributed by atoms with Crippen LogP contribution in [0.25, 0.3) is 5.69 Å². The summed E-state index contributed by atoms with van der Waals surface area (Å²) in [6.45, 7) is 4.63. The van der Waals surface area contributed by atoms with E-state index in [1.165, 1.54) is 74.7 Å². The number of rotatable bonds is 3. The number of imidazole rings is 1. The molecule has 2 saturated carbocycles. The lowest BCUT2D eigenvalue weighted by molar-refractivity contribution is -0.688. The van der Waals surface area contributed by atoms with E-state index in [2.05, 4.69) is 54.3 Å². The Bertz CT molecular complexity index is 744. The van der Waals surface area contributed by atoms with Gasteiger partial charge in [0, 0.05) is 12.8 Å². The molecule has 0 unspecified atom stereocenters. The summed E-state index contributed by atoms with van der Waals surface area (Å²) in [6, 6.07) is 8.93. The summed E-state index contributed by atoms with van der Waals surface area (Å²) in [7, 11) is 2.35. The zero-order valence-corrected chi connectivity index (χ0v) is 16.2. The Morgan fingerprint density at radius 2 is 1.44 bits per heavy atom. The standard InChI is InChI=1S/C23H33N2/c1-17-11-7-10-16-21(17)25-18(2)22(19-12-8-9-13-19)24(3)23(25)20-14-5-4-6-15-20/h7,10-11,16,19-20H,4-6,8-9,12-15H2,1-3H3/q+1. The van der Waals surface area contributed by atoms with Gasteiger partial charge in [-0.05, 0) is 44.2 Å². The van der Waals surface area contributed by atoms with Crippen molar-refractivity contribution in [2.75, 3.05) is 0 Å². The van der Waals surface area contributed by atoms with Gasteiger partial charge in [-0.25, -0.2) is 4.57 Å². The highest BCUT2D eigenvalue weighted by Gasteiger charge is 2.37. The monoisotopic (exact) mass is 337 g/mol.